The average Bonchev–Trinajstić information content (AvgIpc) is 3.61. The summed E-state index contributed by atoms with van der Waals surface area (Å²) in [5.41, 5.74) is 0. The van der Waals surface area contributed by atoms with E-state index in [4.69, 9.17) is 18.5 Å². The fourth-order valence-electron chi connectivity index (χ4n) is 7.74. The summed E-state index contributed by atoms with van der Waals surface area (Å²) in [6.45, 7) is 3.92. The van der Waals surface area contributed by atoms with Gasteiger partial charge >= 0.3 is 11.9 Å². The molecule has 0 spiro atoms. The molecule has 0 aliphatic carbocycles. The molecule has 0 aliphatic rings. The number of carbonyl (C=O) groups is 2. The smallest absolute Gasteiger partial charge is 0.306 e. The maximum atomic E-state index is 12.8. The quantitative estimate of drug-likeness (QED) is 0.0195. The van der Waals surface area contributed by atoms with Crippen LogP contribution in [-0.4, -0.2) is 70.0 Å². The predicted octanol–water partition coefficient (Wildman–Crippen LogP) is 20.3. The van der Waals surface area contributed by atoms with Crippen LogP contribution < -0.4 is 4.89 Å². The number of allylic oxidation sites excluding steroid dienone is 32. The zero-order chi connectivity index (χ0) is 61.2. The third-order valence-corrected chi connectivity index (χ3v) is 13.6. The number of phosphoric acid groups is 1. The van der Waals surface area contributed by atoms with Crippen LogP contribution in [0.25, 0.3) is 0 Å². The minimum Gasteiger partial charge on any atom is -0.756 e. The highest BCUT2D eigenvalue weighted by molar-refractivity contribution is 7.45. The molecule has 2 atom stereocenters. The summed E-state index contributed by atoms with van der Waals surface area (Å²) in [7, 11) is 1.10. The summed E-state index contributed by atoms with van der Waals surface area (Å²) in [6, 6.07) is 0. The molecule has 10 heteroatoms. The normalized spacial score (nSPS) is 14.5. The van der Waals surface area contributed by atoms with Crippen LogP contribution in [0.5, 0.6) is 0 Å². The van der Waals surface area contributed by atoms with Crippen molar-refractivity contribution >= 4 is 19.8 Å². The number of hydrogen-bond donors (Lipinski definition) is 0. The first kappa shape index (κ1) is 78.8. The van der Waals surface area contributed by atoms with Gasteiger partial charge in [-0.2, -0.15) is 0 Å². The Kier molecular flexibility index (Phi) is 58.6. The van der Waals surface area contributed by atoms with E-state index in [2.05, 4.69) is 208 Å². The second-order valence-corrected chi connectivity index (χ2v) is 23.1. The Morgan fingerprint density at radius 1 is 0.369 bits per heavy atom. The fraction of sp³-hybridized carbons (Fsp3) is 0.541. The molecule has 0 radical (unpaired) electrons. The Labute approximate surface area is 513 Å². The van der Waals surface area contributed by atoms with Crippen LogP contribution in [0.4, 0.5) is 0 Å². The third kappa shape index (κ3) is 66.0. The number of quaternary nitrogens is 1. The fourth-order valence-corrected chi connectivity index (χ4v) is 8.47. The molecule has 0 saturated carbocycles. The second-order valence-electron chi connectivity index (χ2n) is 21.7. The van der Waals surface area contributed by atoms with Crippen molar-refractivity contribution in [1.29, 1.82) is 0 Å². The first-order valence-corrected chi connectivity index (χ1v) is 33.6. The molecule has 0 N–H and O–H groups in total. The molecule has 2 unspecified atom stereocenters. The number of hydrogen-bond acceptors (Lipinski definition) is 8. The highest BCUT2D eigenvalue weighted by atomic mass is 31.2. The van der Waals surface area contributed by atoms with Gasteiger partial charge in [0.25, 0.3) is 7.82 Å². The predicted molar refractivity (Wildman–Crippen MR) is 359 cm³/mol. The van der Waals surface area contributed by atoms with Gasteiger partial charge in [-0.25, -0.2) is 0 Å². The van der Waals surface area contributed by atoms with Crippen LogP contribution >= 0.6 is 7.82 Å². The van der Waals surface area contributed by atoms with Crippen molar-refractivity contribution < 1.29 is 42.1 Å². The minimum absolute atomic E-state index is 0.0512. The Morgan fingerprint density at radius 3 is 0.976 bits per heavy atom. The highest BCUT2D eigenvalue weighted by Gasteiger charge is 2.21. The lowest BCUT2D eigenvalue weighted by molar-refractivity contribution is -0.870. The maximum Gasteiger partial charge on any atom is 0.306 e. The SMILES string of the molecule is CC/C=C\C/C=C\C/C=C\C/C=C\C/C=C\C/C=C\C/C=C\C/C=C\C/C=C\C/C=C\CCCCCCCCCCC(=O)OC(COC(=O)CCCC/C=C\C/C=C\C/C=C\C/C=C\C/C=C\C/C=C\CC)COP(=O)([O-])OCC[N+](C)(C)C. The van der Waals surface area contributed by atoms with E-state index in [0.717, 1.165) is 141 Å². The third-order valence-electron chi connectivity index (χ3n) is 12.6. The van der Waals surface area contributed by atoms with Crippen molar-refractivity contribution in [1.82, 2.24) is 0 Å². The number of rotatable bonds is 56. The van der Waals surface area contributed by atoms with Gasteiger partial charge in [-0.3, -0.25) is 14.2 Å². The Balaban J connectivity index is 4.22. The van der Waals surface area contributed by atoms with E-state index in [0.29, 0.717) is 23.9 Å². The standard InChI is InChI=1S/C74H116NO8P/c1-6-8-10-12-14-16-18-20-22-24-26-28-29-30-31-32-33-34-35-36-37-38-39-40-41-42-43-44-45-47-49-51-53-55-57-59-61-63-65-67-74(77)83-72(71-82-84(78,79)81-69-68-75(3,4)5)70-80-73(76)66-64-62-60-58-56-54-52-50-48-46-27-25-23-21-19-17-15-13-11-9-7-2/h8-11,14-17,20-23,26-28,30-31,33-34,36-37,39-40,42-43,45-47,50,52,56,58,72H,6-7,12-13,18-19,24-25,29,32,35,38,41,44,48-49,51,53-55,57,59-71H2,1-5H3/b10-8-,11-9-,16-14-,17-15-,22-20-,23-21-,28-26-,31-30-,34-33-,37-36-,40-39-,43-42-,46-27-,47-45-,52-50-,58-56-. The maximum absolute atomic E-state index is 12.8. The highest BCUT2D eigenvalue weighted by Crippen LogP contribution is 2.38. The monoisotopic (exact) mass is 1180 g/mol. The van der Waals surface area contributed by atoms with E-state index in [1.165, 1.54) is 25.7 Å². The molecule has 0 aliphatic heterocycles. The molecular formula is C74H116NO8P. The van der Waals surface area contributed by atoms with Gasteiger partial charge in [-0.15, -0.1) is 0 Å². The van der Waals surface area contributed by atoms with E-state index < -0.39 is 32.5 Å². The van der Waals surface area contributed by atoms with Crippen LogP contribution in [-0.2, 0) is 32.7 Å². The van der Waals surface area contributed by atoms with Gasteiger partial charge in [0.1, 0.15) is 19.8 Å². The van der Waals surface area contributed by atoms with E-state index in [1.54, 1.807) is 0 Å². The molecule has 0 fully saturated rings. The number of carbonyl (C=O) groups excluding carboxylic acids is 2. The Hall–Kier alpha value is -5.15. The zero-order valence-corrected chi connectivity index (χ0v) is 54.1. The van der Waals surface area contributed by atoms with Gasteiger partial charge in [-0.05, 0) is 141 Å². The van der Waals surface area contributed by atoms with Crippen LogP contribution in [0.2, 0.25) is 0 Å². The molecule has 0 bridgehead atoms. The van der Waals surface area contributed by atoms with E-state index >= 15 is 0 Å². The van der Waals surface area contributed by atoms with Crippen LogP contribution in [0, 0.1) is 0 Å². The van der Waals surface area contributed by atoms with Gasteiger partial charge in [0, 0.05) is 12.8 Å². The zero-order valence-electron chi connectivity index (χ0n) is 53.3. The second kappa shape index (κ2) is 62.4. The molecule has 84 heavy (non-hydrogen) atoms. The molecule has 0 aromatic carbocycles. The molecule has 0 heterocycles. The first-order valence-electron chi connectivity index (χ1n) is 32.1. The van der Waals surface area contributed by atoms with Crippen molar-refractivity contribution in [2.75, 3.05) is 47.5 Å². The van der Waals surface area contributed by atoms with Crippen LogP contribution in [0.1, 0.15) is 206 Å². The lowest BCUT2D eigenvalue weighted by Crippen LogP contribution is -2.37. The number of nitrogens with zero attached hydrogens (tertiary/aromatic N) is 1. The van der Waals surface area contributed by atoms with Crippen LogP contribution in [0.15, 0.2) is 194 Å². The van der Waals surface area contributed by atoms with Crippen molar-refractivity contribution in [2.45, 2.75) is 213 Å². The Bertz CT molecular complexity index is 2120. The lowest BCUT2D eigenvalue weighted by atomic mass is 10.1. The molecule has 0 aromatic heterocycles. The lowest BCUT2D eigenvalue weighted by Gasteiger charge is -2.28. The summed E-state index contributed by atoms with van der Waals surface area (Å²) in [4.78, 5) is 37.9. The number of phosphoric ester groups is 1. The summed E-state index contributed by atoms with van der Waals surface area (Å²) in [5.74, 6) is -0.911. The molecule has 9 nitrogen and oxygen atoms in total. The van der Waals surface area contributed by atoms with E-state index in [9.17, 15) is 19.0 Å². The molecule has 0 aromatic rings. The van der Waals surface area contributed by atoms with Crippen LogP contribution in [0.3, 0.4) is 0 Å². The number of ether oxygens (including phenoxy) is 2. The molecular weight excluding hydrogens is 1060 g/mol. The van der Waals surface area contributed by atoms with Crippen molar-refractivity contribution in [2.24, 2.45) is 0 Å². The molecule has 0 saturated heterocycles. The summed E-state index contributed by atoms with van der Waals surface area (Å²) < 4.78 is 34.1. The topological polar surface area (TPSA) is 111 Å². The number of likely N-dealkylation sites (N-methyl/N-ethyl adjacent to an activating group) is 1. The average molecular weight is 1180 g/mol. The van der Waals surface area contributed by atoms with Gasteiger partial charge in [0.15, 0.2) is 6.10 Å². The summed E-state index contributed by atoms with van der Waals surface area (Å²) in [6.07, 6.45) is 97.8. The number of unbranched alkanes of at least 4 members (excludes halogenated alkanes) is 10. The largest absolute Gasteiger partial charge is 0.756 e. The van der Waals surface area contributed by atoms with Gasteiger partial charge in [0.05, 0.1) is 27.7 Å². The summed E-state index contributed by atoms with van der Waals surface area (Å²) in [5, 5.41) is 0. The molecule has 0 amide bonds. The summed E-state index contributed by atoms with van der Waals surface area (Å²) >= 11 is 0. The van der Waals surface area contributed by atoms with Gasteiger partial charge in [-0.1, -0.05) is 247 Å². The van der Waals surface area contributed by atoms with E-state index in [-0.39, 0.29) is 26.1 Å². The number of esters is 2. The van der Waals surface area contributed by atoms with E-state index in [1.807, 2.05) is 21.1 Å². The van der Waals surface area contributed by atoms with Crippen molar-refractivity contribution in [3.8, 4) is 0 Å². The van der Waals surface area contributed by atoms with Crippen molar-refractivity contribution in [3.63, 3.8) is 0 Å². The molecule has 0 rings (SSSR count). The van der Waals surface area contributed by atoms with Gasteiger partial charge in [0.2, 0.25) is 0 Å². The Morgan fingerprint density at radius 2 is 0.643 bits per heavy atom. The molecule has 470 valence electrons. The first-order chi connectivity index (χ1) is 41.0. The van der Waals surface area contributed by atoms with Crippen molar-refractivity contribution in [3.05, 3.63) is 194 Å². The minimum atomic E-state index is -4.67. The van der Waals surface area contributed by atoms with Gasteiger partial charge < -0.3 is 27.9 Å².